The van der Waals surface area contributed by atoms with Crippen LogP contribution in [0.25, 0.3) is 0 Å². The van der Waals surface area contributed by atoms with Gasteiger partial charge in [-0.1, -0.05) is 17.7 Å². The Balaban J connectivity index is 1.90. The van der Waals surface area contributed by atoms with E-state index in [9.17, 15) is 14.4 Å². The second kappa shape index (κ2) is 8.63. The number of carbonyl (C=O) groups is 3. The van der Waals surface area contributed by atoms with Crippen LogP contribution in [0, 0.1) is 6.92 Å². The molecule has 0 atom stereocenters. The van der Waals surface area contributed by atoms with Gasteiger partial charge in [-0.15, -0.1) is 0 Å². The van der Waals surface area contributed by atoms with Crippen LogP contribution in [0.3, 0.4) is 0 Å². The third-order valence-electron chi connectivity index (χ3n) is 3.47. The first kappa shape index (κ1) is 18.2. The fourth-order valence-corrected chi connectivity index (χ4v) is 2.21. The van der Waals surface area contributed by atoms with Crippen molar-refractivity contribution in [3.05, 3.63) is 65.2 Å². The number of aryl methyl sites for hydroxylation is 1. The summed E-state index contributed by atoms with van der Waals surface area (Å²) in [6, 6.07) is 14.0. The van der Waals surface area contributed by atoms with Crippen molar-refractivity contribution >= 4 is 23.4 Å². The van der Waals surface area contributed by atoms with Gasteiger partial charge in [0.05, 0.1) is 0 Å². The maximum atomic E-state index is 12.2. The molecule has 0 spiro atoms. The molecule has 0 heterocycles. The van der Waals surface area contributed by atoms with Gasteiger partial charge in [0.15, 0.2) is 0 Å². The highest BCUT2D eigenvalue weighted by Gasteiger charge is 2.08. The van der Waals surface area contributed by atoms with Crippen LogP contribution >= 0.6 is 0 Å². The van der Waals surface area contributed by atoms with E-state index >= 15 is 0 Å². The Bertz CT molecular complexity index is 770. The average Bonchev–Trinajstić information content (AvgIpc) is 2.59. The summed E-state index contributed by atoms with van der Waals surface area (Å²) in [5.41, 5.74) is 2.69. The van der Waals surface area contributed by atoms with Crippen molar-refractivity contribution in [1.82, 2.24) is 10.6 Å². The molecule has 0 saturated carbocycles. The number of rotatable bonds is 6. The molecule has 0 radical (unpaired) electrons. The summed E-state index contributed by atoms with van der Waals surface area (Å²) < 4.78 is 0. The summed E-state index contributed by atoms with van der Waals surface area (Å²) in [7, 11) is 0. The highest BCUT2D eigenvalue weighted by atomic mass is 16.2. The molecule has 0 saturated heterocycles. The minimum absolute atomic E-state index is 0.136. The lowest BCUT2D eigenvalue weighted by Gasteiger charge is -2.08. The quantitative estimate of drug-likeness (QED) is 0.705. The third kappa shape index (κ3) is 5.76. The van der Waals surface area contributed by atoms with Crippen LogP contribution in [0.2, 0.25) is 0 Å². The second-order valence-corrected chi connectivity index (χ2v) is 5.64. The predicted molar refractivity (Wildman–Crippen MR) is 96.6 cm³/mol. The topological polar surface area (TPSA) is 87.3 Å². The van der Waals surface area contributed by atoms with Gasteiger partial charge in [-0.3, -0.25) is 14.4 Å². The molecule has 6 nitrogen and oxygen atoms in total. The molecule has 2 aromatic rings. The normalized spacial score (nSPS) is 10.0. The smallest absolute Gasteiger partial charge is 0.255 e. The van der Waals surface area contributed by atoms with E-state index in [2.05, 4.69) is 16.0 Å². The number of benzene rings is 2. The lowest BCUT2D eigenvalue weighted by Crippen LogP contribution is -2.33. The SMILES string of the molecule is CC(=O)NCCNC(=O)c1ccc(NC(=O)c2cccc(C)c2)cc1. The van der Waals surface area contributed by atoms with Gasteiger partial charge in [0.25, 0.3) is 11.8 Å². The van der Waals surface area contributed by atoms with E-state index in [0.29, 0.717) is 29.9 Å². The summed E-state index contributed by atoms with van der Waals surface area (Å²) in [6.45, 7) is 4.08. The minimum atomic E-state index is -0.234. The first-order chi connectivity index (χ1) is 12.0. The van der Waals surface area contributed by atoms with Gasteiger partial charge in [-0.05, 0) is 43.3 Å². The van der Waals surface area contributed by atoms with Crippen molar-refractivity contribution in [2.24, 2.45) is 0 Å². The van der Waals surface area contributed by atoms with Crippen molar-refractivity contribution < 1.29 is 14.4 Å². The molecule has 0 aliphatic carbocycles. The van der Waals surface area contributed by atoms with Crippen LogP contribution in [0.5, 0.6) is 0 Å². The molecule has 2 rings (SSSR count). The van der Waals surface area contributed by atoms with E-state index in [1.807, 2.05) is 25.1 Å². The van der Waals surface area contributed by atoms with Crippen molar-refractivity contribution in [1.29, 1.82) is 0 Å². The standard InChI is InChI=1S/C19H21N3O3/c1-13-4-3-5-16(12-13)19(25)22-17-8-6-15(7-9-17)18(24)21-11-10-20-14(2)23/h3-9,12H,10-11H2,1-2H3,(H,20,23)(H,21,24)(H,22,25). The highest BCUT2D eigenvalue weighted by molar-refractivity contribution is 6.04. The molecular weight excluding hydrogens is 318 g/mol. The first-order valence-electron chi connectivity index (χ1n) is 7.96. The van der Waals surface area contributed by atoms with Gasteiger partial charge in [-0.2, -0.15) is 0 Å². The molecular formula is C19H21N3O3. The summed E-state index contributed by atoms with van der Waals surface area (Å²) in [4.78, 5) is 34.9. The third-order valence-corrected chi connectivity index (χ3v) is 3.47. The highest BCUT2D eigenvalue weighted by Crippen LogP contribution is 2.12. The Kier molecular flexibility index (Phi) is 6.28. The van der Waals surface area contributed by atoms with Gasteiger partial charge < -0.3 is 16.0 Å². The van der Waals surface area contributed by atoms with E-state index < -0.39 is 0 Å². The van der Waals surface area contributed by atoms with E-state index in [0.717, 1.165) is 5.56 Å². The van der Waals surface area contributed by atoms with Crippen LogP contribution < -0.4 is 16.0 Å². The van der Waals surface area contributed by atoms with Crippen LogP contribution in [0.15, 0.2) is 48.5 Å². The van der Waals surface area contributed by atoms with Crippen molar-refractivity contribution in [3.63, 3.8) is 0 Å². The lowest BCUT2D eigenvalue weighted by molar-refractivity contribution is -0.118. The van der Waals surface area contributed by atoms with Gasteiger partial charge in [0, 0.05) is 36.8 Å². The Morgan fingerprint density at radius 3 is 2.16 bits per heavy atom. The van der Waals surface area contributed by atoms with E-state index in [1.165, 1.54) is 6.92 Å². The molecule has 3 amide bonds. The van der Waals surface area contributed by atoms with Gasteiger partial charge in [0.1, 0.15) is 0 Å². The zero-order valence-electron chi connectivity index (χ0n) is 14.3. The summed E-state index contributed by atoms with van der Waals surface area (Å²) in [6.07, 6.45) is 0. The average molecular weight is 339 g/mol. The largest absolute Gasteiger partial charge is 0.355 e. The van der Waals surface area contributed by atoms with Crippen LogP contribution in [0.1, 0.15) is 33.2 Å². The molecule has 0 aliphatic heterocycles. The molecule has 0 fully saturated rings. The number of amides is 3. The summed E-state index contributed by atoms with van der Waals surface area (Å²) in [5.74, 6) is -0.568. The molecule has 0 aliphatic rings. The first-order valence-corrected chi connectivity index (χ1v) is 7.96. The van der Waals surface area contributed by atoms with E-state index in [-0.39, 0.29) is 17.7 Å². The molecule has 25 heavy (non-hydrogen) atoms. The number of hydrogen-bond acceptors (Lipinski definition) is 3. The Hall–Kier alpha value is -3.15. The van der Waals surface area contributed by atoms with Crippen molar-refractivity contribution in [2.45, 2.75) is 13.8 Å². The molecule has 2 aromatic carbocycles. The van der Waals surface area contributed by atoms with Crippen molar-refractivity contribution in [3.8, 4) is 0 Å². The minimum Gasteiger partial charge on any atom is -0.355 e. The monoisotopic (exact) mass is 339 g/mol. The molecule has 3 N–H and O–H groups in total. The number of nitrogens with one attached hydrogen (secondary N) is 3. The number of anilines is 1. The zero-order valence-corrected chi connectivity index (χ0v) is 14.3. The fourth-order valence-electron chi connectivity index (χ4n) is 2.21. The predicted octanol–water partition coefficient (Wildman–Crippen LogP) is 2.11. The molecule has 0 aromatic heterocycles. The maximum absolute atomic E-state index is 12.2. The molecule has 6 heteroatoms. The summed E-state index contributed by atoms with van der Waals surface area (Å²) >= 11 is 0. The number of hydrogen-bond donors (Lipinski definition) is 3. The fraction of sp³-hybridized carbons (Fsp3) is 0.211. The van der Waals surface area contributed by atoms with E-state index in [1.54, 1.807) is 30.3 Å². The Morgan fingerprint density at radius 2 is 1.52 bits per heavy atom. The molecule has 130 valence electrons. The van der Waals surface area contributed by atoms with Crippen LogP contribution in [0.4, 0.5) is 5.69 Å². The van der Waals surface area contributed by atoms with E-state index in [4.69, 9.17) is 0 Å². The lowest BCUT2D eigenvalue weighted by atomic mass is 10.1. The molecule has 0 bridgehead atoms. The van der Waals surface area contributed by atoms with Crippen molar-refractivity contribution in [2.75, 3.05) is 18.4 Å². The number of carbonyl (C=O) groups excluding carboxylic acids is 3. The van der Waals surface area contributed by atoms with Gasteiger partial charge in [0.2, 0.25) is 5.91 Å². The van der Waals surface area contributed by atoms with Gasteiger partial charge >= 0.3 is 0 Å². The molecule has 0 unspecified atom stereocenters. The van der Waals surface area contributed by atoms with Crippen LogP contribution in [-0.4, -0.2) is 30.8 Å². The zero-order chi connectivity index (χ0) is 18.2. The van der Waals surface area contributed by atoms with Gasteiger partial charge in [-0.25, -0.2) is 0 Å². The van der Waals surface area contributed by atoms with Crippen LogP contribution in [-0.2, 0) is 4.79 Å². The Morgan fingerprint density at radius 1 is 0.840 bits per heavy atom. The second-order valence-electron chi connectivity index (χ2n) is 5.64. The Labute approximate surface area is 146 Å². The summed E-state index contributed by atoms with van der Waals surface area (Å²) in [5, 5.41) is 8.11. The maximum Gasteiger partial charge on any atom is 0.255 e.